The Labute approximate surface area is 91.0 Å². The molecule has 0 amide bonds. The van der Waals surface area contributed by atoms with Crippen molar-refractivity contribution in [3.05, 3.63) is 46.4 Å². The van der Waals surface area contributed by atoms with Crippen molar-refractivity contribution in [1.82, 2.24) is 4.98 Å². The molecular weight excluding hydrogens is 210 g/mol. The van der Waals surface area contributed by atoms with Gasteiger partial charge in [-0.25, -0.2) is 4.98 Å². The third-order valence-electron chi connectivity index (χ3n) is 1.99. The number of hydrogen-bond donors (Lipinski definition) is 1. The molecule has 1 aromatic heterocycles. The molecule has 3 nitrogen and oxygen atoms in total. The first kappa shape index (κ1) is 9.86. The van der Waals surface area contributed by atoms with Gasteiger partial charge in [0.15, 0.2) is 5.78 Å². The van der Waals surface area contributed by atoms with Gasteiger partial charge in [0.25, 0.3) is 0 Å². The van der Waals surface area contributed by atoms with E-state index in [0.29, 0.717) is 5.69 Å². The Morgan fingerprint density at radius 3 is 3.00 bits per heavy atom. The number of rotatable bonds is 3. The van der Waals surface area contributed by atoms with Crippen LogP contribution >= 0.6 is 11.3 Å². The van der Waals surface area contributed by atoms with Gasteiger partial charge in [0.2, 0.25) is 0 Å². The van der Waals surface area contributed by atoms with Crippen LogP contribution < -0.4 is 0 Å². The molecule has 4 heteroatoms. The van der Waals surface area contributed by atoms with Crippen LogP contribution in [0.1, 0.15) is 16.1 Å². The van der Waals surface area contributed by atoms with Crippen molar-refractivity contribution >= 4 is 17.1 Å². The lowest BCUT2D eigenvalue weighted by Gasteiger charge is -1.99. The number of carbonyl (C=O) groups excluding carboxylic acids is 1. The molecule has 0 aliphatic rings. The number of thiazole rings is 1. The number of ketones is 1. The van der Waals surface area contributed by atoms with E-state index in [0.717, 1.165) is 5.56 Å². The van der Waals surface area contributed by atoms with Gasteiger partial charge in [-0.15, -0.1) is 11.3 Å². The summed E-state index contributed by atoms with van der Waals surface area (Å²) in [6.45, 7) is 0. The number of benzene rings is 1. The maximum absolute atomic E-state index is 11.6. The first-order valence-electron chi connectivity index (χ1n) is 4.45. The van der Waals surface area contributed by atoms with Crippen LogP contribution in [-0.2, 0) is 6.42 Å². The summed E-state index contributed by atoms with van der Waals surface area (Å²) in [6.07, 6.45) is 0.276. The molecule has 0 aliphatic carbocycles. The fourth-order valence-corrected chi connectivity index (χ4v) is 1.85. The van der Waals surface area contributed by atoms with Crippen LogP contribution in [0.2, 0.25) is 0 Å². The van der Waals surface area contributed by atoms with Crippen molar-refractivity contribution in [2.45, 2.75) is 6.42 Å². The summed E-state index contributed by atoms with van der Waals surface area (Å²) in [7, 11) is 0. The lowest BCUT2D eigenvalue weighted by atomic mass is 10.1. The van der Waals surface area contributed by atoms with Crippen molar-refractivity contribution in [1.29, 1.82) is 0 Å². The van der Waals surface area contributed by atoms with E-state index in [-0.39, 0.29) is 18.0 Å². The Morgan fingerprint density at radius 1 is 1.47 bits per heavy atom. The number of hydrogen-bond acceptors (Lipinski definition) is 4. The molecule has 0 aliphatic heterocycles. The van der Waals surface area contributed by atoms with Crippen molar-refractivity contribution < 1.29 is 9.90 Å². The molecule has 0 saturated heterocycles. The molecule has 1 N–H and O–H groups in total. The standard InChI is InChI=1S/C11H9NO2S/c13-9-3-1-2-8(4-9)5-11(14)10-6-15-7-12-10/h1-4,6-7,13H,5H2. The predicted octanol–water partition coefficient (Wildman–Crippen LogP) is 2.27. The summed E-state index contributed by atoms with van der Waals surface area (Å²) in [5.74, 6) is 0.153. The molecular formula is C11H9NO2S. The summed E-state index contributed by atoms with van der Waals surface area (Å²) in [5.41, 5.74) is 2.92. The number of nitrogens with zero attached hydrogens (tertiary/aromatic N) is 1. The highest BCUT2D eigenvalue weighted by molar-refractivity contribution is 7.07. The van der Waals surface area contributed by atoms with Crippen LogP contribution in [0.25, 0.3) is 0 Å². The molecule has 1 aromatic carbocycles. The minimum absolute atomic E-state index is 0.0261. The van der Waals surface area contributed by atoms with E-state index in [1.165, 1.54) is 11.3 Å². The number of aromatic nitrogens is 1. The Bertz CT molecular complexity index is 465. The highest BCUT2D eigenvalue weighted by Gasteiger charge is 2.08. The SMILES string of the molecule is O=C(Cc1cccc(O)c1)c1cscn1. The Morgan fingerprint density at radius 2 is 2.33 bits per heavy atom. The lowest BCUT2D eigenvalue weighted by molar-refractivity contribution is 0.0989. The third-order valence-corrected chi connectivity index (χ3v) is 2.58. The fraction of sp³-hybridized carbons (Fsp3) is 0.0909. The van der Waals surface area contributed by atoms with Crippen LogP contribution in [0.5, 0.6) is 5.75 Å². The van der Waals surface area contributed by atoms with Crippen molar-refractivity contribution in [3.8, 4) is 5.75 Å². The zero-order valence-corrected chi connectivity index (χ0v) is 8.70. The Kier molecular flexibility index (Phi) is 2.78. The van der Waals surface area contributed by atoms with Gasteiger partial charge in [-0.3, -0.25) is 4.79 Å². The molecule has 2 rings (SSSR count). The van der Waals surface area contributed by atoms with E-state index >= 15 is 0 Å². The fourth-order valence-electron chi connectivity index (χ4n) is 1.29. The summed E-state index contributed by atoms with van der Waals surface area (Å²) < 4.78 is 0. The average Bonchev–Trinajstić information content (AvgIpc) is 2.70. The van der Waals surface area contributed by atoms with Gasteiger partial charge in [-0.2, -0.15) is 0 Å². The van der Waals surface area contributed by atoms with Gasteiger partial charge in [-0.1, -0.05) is 12.1 Å². The van der Waals surface area contributed by atoms with E-state index in [1.807, 2.05) is 6.07 Å². The van der Waals surface area contributed by atoms with Crippen molar-refractivity contribution in [2.75, 3.05) is 0 Å². The van der Waals surface area contributed by atoms with Gasteiger partial charge in [-0.05, 0) is 17.7 Å². The first-order valence-corrected chi connectivity index (χ1v) is 5.39. The molecule has 0 fully saturated rings. The quantitative estimate of drug-likeness (QED) is 0.806. The number of phenolic OH excluding ortho intramolecular Hbond substituents is 1. The van der Waals surface area contributed by atoms with E-state index in [2.05, 4.69) is 4.98 Å². The molecule has 0 bridgehead atoms. The molecule has 1 heterocycles. The minimum Gasteiger partial charge on any atom is -0.508 e. The molecule has 15 heavy (non-hydrogen) atoms. The van der Waals surface area contributed by atoms with E-state index < -0.39 is 0 Å². The summed E-state index contributed by atoms with van der Waals surface area (Å²) >= 11 is 1.40. The number of carbonyl (C=O) groups is 1. The largest absolute Gasteiger partial charge is 0.508 e. The smallest absolute Gasteiger partial charge is 0.186 e. The van der Waals surface area contributed by atoms with E-state index in [4.69, 9.17) is 0 Å². The summed E-state index contributed by atoms with van der Waals surface area (Å²) in [6, 6.07) is 6.70. The average molecular weight is 219 g/mol. The maximum atomic E-state index is 11.6. The van der Waals surface area contributed by atoms with Gasteiger partial charge in [0, 0.05) is 11.8 Å². The topological polar surface area (TPSA) is 50.2 Å². The Hall–Kier alpha value is -1.68. The molecule has 0 radical (unpaired) electrons. The van der Waals surface area contributed by atoms with Crippen LogP contribution in [0.4, 0.5) is 0 Å². The highest BCUT2D eigenvalue weighted by Crippen LogP contribution is 2.13. The van der Waals surface area contributed by atoms with Crippen molar-refractivity contribution in [3.63, 3.8) is 0 Å². The molecule has 0 spiro atoms. The Balaban J connectivity index is 2.13. The van der Waals surface area contributed by atoms with Crippen LogP contribution in [0, 0.1) is 0 Å². The van der Waals surface area contributed by atoms with Crippen LogP contribution in [-0.4, -0.2) is 15.9 Å². The second kappa shape index (κ2) is 4.23. The van der Waals surface area contributed by atoms with Crippen LogP contribution in [0.3, 0.4) is 0 Å². The number of Topliss-reactive ketones (excluding diaryl/α,β-unsaturated/α-hetero) is 1. The molecule has 0 unspecified atom stereocenters. The molecule has 2 aromatic rings. The van der Waals surface area contributed by atoms with Crippen LogP contribution in [0.15, 0.2) is 35.2 Å². The maximum Gasteiger partial charge on any atom is 0.186 e. The minimum atomic E-state index is -0.0261. The first-order chi connectivity index (χ1) is 7.25. The number of phenols is 1. The second-order valence-electron chi connectivity index (χ2n) is 3.14. The zero-order valence-electron chi connectivity index (χ0n) is 7.88. The van der Waals surface area contributed by atoms with Gasteiger partial charge >= 0.3 is 0 Å². The summed E-state index contributed by atoms with van der Waals surface area (Å²) in [5, 5.41) is 11.0. The zero-order chi connectivity index (χ0) is 10.7. The normalized spacial score (nSPS) is 10.1. The number of aromatic hydroxyl groups is 1. The monoisotopic (exact) mass is 219 g/mol. The van der Waals surface area contributed by atoms with Gasteiger partial charge in [0.05, 0.1) is 5.51 Å². The van der Waals surface area contributed by atoms with E-state index in [1.54, 1.807) is 29.1 Å². The second-order valence-corrected chi connectivity index (χ2v) is 3.86. The van der Waals surface area contributed by atoms with Crippen molar-refractivity contribution in [2.24, 2.45) is 0 Å². The summed E-state index contributed by atoms with van der Waals surface area (Å²) in [4.78, 5) is 15.6. The molecule has 0 saturated carbocycles. The highest BCUT2D eigenvalue weighted by atomic mass is 32.1. The predicted molar refractivity (Wildman–Crippen MR) is 58.3 cm³/mol. The van der Waals surface area contributed by atoms with E-state index in [9.17, 15) is 9.90 Å². The molecule has 76 valence electrons. The van der Waals surface area contributed by atoms with Gasteiger partial charge in [0.1, 0.15) is 11.4 Å². The van der Waals surface area contributed by atoms with Gasteiger partial charge < -0.3 is 5.11 Å². The lowest BCUT2D eigenvalue weighted by Crippen LogP contribution is -2.03. The third kappa shape index (κ3) is 2.41. The molecule has 0 atom stereocenters.